The van der Waals surface area contributed by atoms with Gasteiger partial charge in [0.1, 0.15) is 16.3 Å². The molecule has 154 valence electrons. The summed E-state index contributed by atoms with van der Waals surface area (Å²) in [5.74, 6) is 0.871. The fraction of sp³-hybridized carbons (Fsp3) is 0.0952. The maximum atomic E-state index is 12.7. The van der Waals surface area contributed by atoms with Gasteiger partial charge < -0.3 is 15.4 Å². The quantitative estimate of drug-likeness (QED) is 0.543. The molecule has 0 radical (unpaired) electrons. The Morgan fingerprint density at radius 3 is 2.60 bits per heavy atom. The number of hydrogen-bond acceptors (Lipinski definition) is 5. The summed E-state index contributed by atoms with van der Waals surface area (Å²) in [5.41, 5.74) is 2.19. The van der Waals surface area contributed by atoms with Crippen molar-refractivity contribution in [1.29, 1.82) is 0 Å². The summed E-state index contributed by atoms with van der Waals surface area (Å²) in [5, 5.41) is 6.52. The molecule has 0 aliphatic carbocycles. The predicted octanol–water partition coefficient (Wildman–Crippen LogP) is 4.43. The van der Waals surface area contributed by atoms with E-state index in [0.29, 0.717) is 28.8 Å². The molecule has 3 N–H and O–H groups in total. The monoisotopic (exact) mass is 442 g/mol. The molecule has 1 aliphatic rings. The van der Waals surface area contributed by atoms with Crippen LogP contribution in [0.3, 0.4) is 0 Å². The summed E-state index contributed by atoms with van der Waals surface area (Å²) < 4.78 is 33.8. The maximum absolute atomic E-state index is 12.7. The highest BCUT2D eigenvalue weighted by atomic mass is 35.5. The standard InChI is InChI=1S/C21H19ClN4O3S/c1-23-15-7-4-6-14(12-15)13-24-21-25-20-18(29-17-9-3-2-8-16(17)22)10-5-11-19(20)30(27,28)26-21/h2-12,23H,13H2,1H3,(H2,24,25,26). The van der Waals surface area contributed by atoms with Crippen molar-refractivity contribution in [3.05, 3.63) is 77.3 Å². The molecule has 4 rings (SSSR count). The SMILES string of the molecule is CNc1cccc(CN=C2Nc3c(Oc4ccccc4Cl)cccc3S(=O)(=O)N2)c1. The molecule has 0 atom stereocenters. The summed E-state index contributed by atoms with van der Waals surface area (Å²) in [4.78, 5) is 4.47. The van der Waals surface area contributed by atoms with Crippen molar-refractivity contribution in [2.45, 2.75) is 11.4 Å². The minimum Gasteiger partial charge on any atom is -0.454 e. The largest absolute Gasteiger partial charge is 0.454 e. The Morgan fingerprint density at radius 1 is 1.03 bits per heavy atom. The van der Waals surface area contributed by atoms with Crippen LogP contribution in [0.1, 0.15) is 5.56 Å². The number of halogens is 1. The van der Waals surface area contributed by atoms with Gasteiger partial charge in [0.2, 0.25) is 5.96 Å². The summed E-state index contributed by atoms with van der Waals surface area (Å²) >= 11 is 6.18. The molecule has 9 heteroatoms. The number of benzene rings is 3. The van der Waals surface area contributed by atoms with E-state index in [1.54, 1.807) is 36.4 Å². The minimum atomic E-state index is -3.80. The van der Waals surface area contributed by atoms with Crippen LogP contribution in [0, 0.1) is 0 Å². The van der Waals surface area contributed by atoms with Gasteiger partial charge in [0.25, 0.3) is 10.0 Å². The summed E-state index contributed by atoms with van der Waals surface area (Å²) in [7, 11) is -1.97. The number of para-hydroxylation sites is 2. The van der Waals surface area contributed by atoms with E-state index in [1.807, 2.05) is 31.3 Å². The second-order valence-corrected chi connectivity index (χ2v) is 8.57. The molecule has 3 aromatic carbocycles. The number of nitrogens with one attached hydrogen (secondary N) is 3. The Bertz CT molecular complexity index is 1230. The summed E-state index contributed by atoms with van der Waals surface area (Å²) in [6.07, 6.45) is 0. The van der Waals surface area contributed by atoms with Gasteiger partial charge >= 0.3 is 0 Å². The third-order valence-electron chi connectivity index (χ3n) is 4.44. The van der Waals surface area contributed by atoms with Gasteiger partial charge in [-0.15, -0.1) is 0 Å². The van der Waals surface area contributed by atoms with E-state index < -0.39 is 10.0 Å². The molecule has 0 saturated carbocycles. The lowest BCUT2D eigenvalue weighted by Gasteiger charge is -2.23. The third-order valence-corrected chi connectivity index (χ3v) is 6.14. The molecule has 0 unspecified atom stereocenters. The molecule has 0 amide bonds. The average Bonchev–Trinajstić information content (AvgIpc) is 2.74. The Morgan fingerprint density at radius 2 is 1.80 bits per heavy atom. The Labute approximate surface area is 179 Å². The van der Waals surface area contributed by atoms with Crippen LogP contribution in [-0.4, -0.2) is 21.4 Å². The van der Waals surface area contributed by atoms with Crippen molar-refractivity contribution in [2.24, 2.45) is 4.99 Å². The number of nitrogens with zero attached hydrogens (tertiary/aromatic N) is 1. The molecule has 30 heavy (non-hydrogen) atoms. The van der Waals surface area contributed by atoms with Gasteiger partial charge in [0.15, 0.2) is 5.75 Å². The van der Waals surface area contributed by atoms with Crippen LogP contribution in [0.2, 0.25) is 5.02 Å². The highest BCUT2D eigenvalue weighted by Gasteiger charge is 2.29. The van der Waals surface area contributed by atoms with Crippen molar-refractivity contribution in [3.8, 4) is 11.5 Å². The average molecular weight is 443 g/mol. The summed E-state index contributed by atoms with van der Waals surface area (Å²) in [6, 6.07) is 19.5. The maximum Gasteiger partial charge on any atom is 0.266 e. The fourth-order valence-corrected chi connectivity index (χ4v) is 4.32. The predicted molar refractivity (Wildman–Crippen MR) is 119 cm³/mol. The number of hydrogen-bond donors (Lipinski definition) is 3. The third kappa shape index (κ3) is 4.19. The van der Waals surface area contributed by atoms with Crippen molar-refractivity contribution in [3.63, 3.8) is 0 Å². The molecular formula is C21H19ClN4O3S. The molecule has 3 aromatic rings. The molecule has 0 saturated heterocycles. The van der Waals surface area contributed by atoms with Crippen molar-refractivity contribution >= 4 is 39.0 Å². The zero-order valence-corrected chi connectivity index (χ0v) is 17.6. The minimum absolute atomic E-state index is 0.0724. The Balaban J connectivity index is 1.66. The summed E-state index contributed by atoms with van der Waals surface area (Å²) in [6.45, 7) is 0.295. The van der Waals surface area contributed by atoms with Gasteiger partial charge in [-0.2, -0.15) is 0 Å². The number of anilines is 2. The molecule has 1 heterocycles. The first kappa shape index (κ1) is 20.1. The zero-order valence-electron chi connectivity index (χ0n) is 16.0. The molecule has 0 aromatic heterocycles. The van der Waals surface area contributed by atoms with E-state index >= 15 is 0 Å². The number of guanidine groups is 1. The molecule has 0 fully saturated rings. The van der Waals surface area contributed by atoms with E-state index in [2.05, 4.69) is 20.3 Å². The van der Waals surface area contributed by atoms with Crippen molar-refractivity contribution < 1.29 is 13.2 Å². The molecule has 7 nitrogen and oxygen atoms in total. The number of sulfonamides is 1. The van der Waals surface area contributed by atoms with Gasteiger partial charge in [0.05, 0.1) is 11.6 Å². The van der Waals surface area contributed by atoms with Crippen LogP contribution >= 0.6 is 11.6 Å². The molecule has 0 spiro atoms. The Kier molecular flexibility index (Phi) is 5.52. The van der Waals surface area contributed by atoms with Crippen LogP contribution in [0.15, 0.2) is 76.6 Å². The number of ether oxygens (including phenoxy) is 1. The van der Waals surface area contributed by atoms with Crippen LogP contribution < -0.4 is 20.1 Å². The second-order valence-electron chi connectivity index (χ2n) is 6.51. The van der Waals surface area contributed by atoms with Crippen LogP contribution in [0.25, 0.3) is 0 Å². The van der Waals surface area contributed by atoms with Crippen molar-refractivity contribution in [2.75, 3.05) is 17.7 Å². The van der Waals surface area contributed by atoms with Gasteiger partial charge in [-0.05, 0) is 42.0 Å². The number of fused-ring (bicyclic) bond motifs is 1. The molecule has 1 aliphatic heterocycles. The van der Waals surface area contributed by atoms with Gasteiger partial charge in [-0.25, -0.2) is 18.1 Å². The Hall–Kier alpha value is -3.23. The lowest BCUT2D eigenvalue weighted by atomic mass is 10.2. The second kappa shape index (κ2) is 8.25. The number of rotatable bonds is 5. The first-order chi connectivity index (χ1) is 14.5. The van der Waals surface area contributed by atoms with Gasteiger partial charge in [-0.3, -0.25) is 0 Å². The first-order valence-electron chi connectivity index (χ1n) is 9.12. The van der Waals surface area contributed by atoms with E-state index in [0.717, 1.165) is 11.3 Å². The lowest BCUT2D eigenvalue weighted by molar-refractivity contribution is 0.483. The van der Waals surface area contributed by atoms with Crippen LogP contribution in [-0.2, 0) is 16.6 Å². The number of aliphatic imine (C=N–C) groups is 1. The van der Waals surface area contributed by atoms with E-state index in [9.17, 15) is 8.42 Å². The van der Waals surface area contributed by atoms with Crippen LogP contribution in [0.5, 0.6) is 11.5 Å². The highest BCUT2D eigenvalue weighted by molar-refractivity contribution is 7.90. The van der Waals surface area contributed by atoms with Crippen molar-refractivity contribution in [1.82, 2.24) is 4.72 Å². The molecular weight excluding hydrogens is 424 g/mol. The van der Waals surface area contributed by atoms with Gasteiger partial charge in [-0.1, -0.05) is 41.9 Å². The lowest BCUT2D eigenvalue weighted by Crippen LogP contribution is -2.40. The first-order valence-corrected chi connectivity index (χ1v) is 11.0. The van der Waals surface area contributed by atoms with E-state index in [-0.39, 0.29) is 10.9 Å². The fourth-order valence-electron chi connectivity index (χ4n) is 2.98. The topological polar surface area (TPSA) is 91.8 Å². The highest BCUT2D eigenvalue weighted by Crippen LogP contribution is 2.38. The smallest absolute Gasteiger partial charge is 0.266 e. The normalized spacial score (nSPS) is 15.6. The zero-order chi connectivity index (χ0) is 21.1. The van der Waals surface area contributed by atoms with E-state index in [4.69, 9.17) is 16.3 Å². The molecule has 0 bridgehead atoms. The van der Waals surface area contributed by atoms with E-state index in [1.165, 1.54) is 6.07 Å². The van der Waals surface area contributed by atoms with Gasteiger partial charge in [0, 0.05) is 12.7 Å². The van der Waals surface area contributed by atoms with Crippen LogP contribution in [0.4, 0.5) is 11.4 Å².